The first-order chi connectivity index (χ1) is 26.1. The Morgan fingerprint density at radius 3 is 1.58 bits per heavy atom. The molecule has 4 aromatic heterocycles. The Hall–Kier alpha value is -4.90. The van der Waals surface area contributed by atoms with Crippen LogP contribution in [0.1, 0.15) is 67.2 Å². The fourth-order valence-electron chi connectivity index (χ4n) is 5.22. The zero-order chi connectivity index (χ0) is 40.0. The second-order valence-electron chi connectivity index (χ2n) is 14.6. The van der Waals surface area contributed by atoms with Crippen LogP contribution >= 0.6 is 15.9 Å². The number of halogens is 1. The zero-order valence-corrected chi connectivity index (χ0v) is 34.4. The molecule has 2 saturated heterocycles. The monoisotopic (exact) mass is 828 g/mol. The summed E-state index contributed by atoms with van der Waals surface area (Å²) >= 11 is 3.14. The molecule has 0 saturated carbocycles. The van der Waals surface area contributed by atoms with Gasteiger partial charge < -0.3 is 38.6 Å². The van der Waals surface area contributed by atoms with E-state index in [9.17, 15) is 9.59 Å². The Bertz CT molecular complexity index is 1760. The maximum atomic E-state index is 12.1. The molecule has 0 aromatic carbocycles. The number of carbonyl (C=O) groups is 2. The smallest absolute Gasteiger partial charge is 0.435 e. The van der Waals surface area contributed by atoms with Gasteiger partial charge in [0.15, 0.2) is 5.82 Å². The molecule has 6 heterocycles. The number of carbonyl (C=O) groups excluding carboxylic acids is 2. The van der Waals surface area contributed by atoms with Gasteiger partial charge in [-0.05, 0) is 102 Å². The van der Waals surface area contributed by atoms with Gasteiger partial charge in [0.05, 0.1) is 26.6 Å². The fourth-order valence-corrected chi connectivity index (χ4v) is 5.51. The number of aromatic nitrogens is 6. The highest BCUT2D eigenvalue weighted by molar-refractivity contribution is 9.10. The van der Waals surface area contributed by atoms with E-state index in [-0.39, 0.29) is 6.10 Å². The molecule has 16 nitrogen and oxygen atoms in total. The maximum Gasteiger partial charge on any atom is 0.435 e. The number of methoxy groups -OCH3 is 2. The predicted molar refractivity (Wildman–Crippen MR) is 209 cm³/mol. The summed E-state index contributed by atoms with van der Waals surface area (Å²) in [4.78, 5) is 33.8. The van der Waals surface area contributed by atoms with Gasteiger partial charge >= 0.3 is 12.2 Å². The van der Waals surface area contributed by atoms with Crippen molar-refractivity contribution >= 4 is 33.9 Å². The van der Waals surface area contributed by atoms with Crippen LogP contribution in [0.2, 0.25) is 0 Å². The number of piperidine rings is 2. The van der Waals surface area contributed by atoms with Crippen molar-refractivity contribution in [1.82, 2.24) is 34.8 Å². The molecule has 2 aliphatic heterocycles. The summed E-state index contributed by atoms with van der Waals surface area (Å²) in [6.07, 6.45) is 9.92. The van der Waals surface area contributed by atoms with Crippen LogP contribution in [0, 0.1) is 0 Å². The van der Waals surface area contributed by atoms with Gasteiger partial charge in [0, 0.05) is 56.5 Å². The third-order valence-corrected chi connectivity index (χ3v) is 8.21. The van der Waals surface area contributed by atoms with Crippen LogP contribution in [0.3, 0.4) is 0 Å². The third-order valence-electron chi connectivity index (χ3n) is 7.79. The van der Waals surface area contributed by atoms with Gasteiger partial charge in [-0.1, -0.05) is 0 Å². The minimum Gasteiger partial charge on any atom is -0.489 e. The van der Waals surface area contributed by atoms with Crippen LogP contribution in [0.5, 0.6) is 23.3 Å². The Balaban J connectivity index is 0.000000202. The SMILES string of the molecule is CC(C)(C)OC(=O)n1ccc(Br)n1.COc1ccc(OC2CCN(c3ccn(C(=O)OC(C)(C)C)n3)CC2)cn1.COc1ccc(OC2CCNCC2)cn1. The van der Waals surface area contributed by atoms with E-state index in [0.717, 1.165) is 73.9 Å². The topological polar surface area (TPSA) is 166 Å². The molecule has 17 heteroatoms. The first-order valence-electron chi connectivity index (χ1n) is 18.1. The summed E-state index contributed by atoms with van der Waals surface area (Å²) in [5.74, 6) is 3.52. The van der Waals surface area contributed by atoms with Crippen LogP contribution in [-0.4, -0.2) is 106 Å². The quantitative estimate of drug-likeness (QED) is 0.207. The molecular weight excluding hydrogens is 776 g/mol. The number of hydrogen-bond donors (Lipinski definition) is 1. The molecule has 0 atom stereocenters. The van der Waals surface area contributed by atoms with Crippen molar-refractivity contribution in [3.63, 3.8) is 0 Å². The van der Waals surface area contributed by atoms with Crippen molar-refractivity contribution < 1.29 is 38.0 Å². The van der Waals surface area contributed by atoms with Gasteiger partial charge in [-0.15, -0.1) is 5.10 Å². The Morgan fingerprint density at radius 1 is 0.691 bits per heavy atom. The second kappa shape index (κ2) is 20.1. The van der Waals surface area contributed by atoms with Gasteiger partial charge in [0.25, 0.3) is 0 Å². The van der Waals surface area contributed by atoms with Crippen LogP contribution in [-0.2, 0) is 9.47 Å². The Labute approximate surface area is 330 Å². The van der Waals surface area contributed by atoms with Gasteiger partial charge in [0.1, 0.15) is 39.5 Å². The predicted octanol–water partition coefficient (Wildman–Crippen LogP) is 6.77. The molecule has 0 aliphatic carbocycles. The Kier molecular flexibility index (Phi) is 15.7. The molecule has 6 rings (SSSR count). The minimum absolute atomic E-state index is 0.129. The average molecular weight is 830 g/mol. The van der Waals surface area contributed by atoms with Crippen molar-refractivity contribution in [2.45, 2.75) is 90.6 Å². The molecule has 300 valence electrons. The van der Waals surface area contributed by atoms with Crippen molar-refractivity contribution in [1.29, 1.82) is 0 Å². The molecule has 2 fully saturated rings. The molecule has 4 aromatic rings. The Morgan fingerprint density at radius 2 is 1.16 bits per heavy atom. The average Bonchev–Trinajstić information content (AvgIpc) is 3.83. The maximum absolute atomic E-state index is 12.1. The molecule has 0 spiro atoms. The van der Waals surface area contributed by atoms with E-state index in [2.05, 4.69) is 46.3 Å². The lowest BCUT2D eigenvalue weighted by molar-refractivity contribution is 0.0503. The molecule has 55 heavy (non-hydrogen) atoms. The summed E-state index contributed by atoms with van der Waals surface area (Å²) < 4.78 is 35.2. The normalized spacial score (nSPS) is 15.0. The van der Waals surface area contributed by atoms with Crippen molar-refractivity contribution in [3.05, 3.63) is 65.8 Å². The number of hydrogen-bond acceptors (Lipinski definition) is 14. The van der Waals surface area contributed by atoms with Crippen LogP contribution in [0.25, 0.3) is 0 Å². The van der Waals surface area contributed by atoms with Gasteiger partial charge in [-0.25, -0.2) is 19.6 Å². The van der Waals surface area contributed by atoms with Crippen molar-refractivity contribution in [3.8, 4) is 23.3 Å². The first kappa shape index (κ1) is 42.8. The summed E-state index contributed by atoms with van der Waals surface area (Å²) in [5.41, 5.74) is -1.04. The highest BCUT2D eigenvalue weighted by Gasteiger charge is 2.24. The fraction of sp³-hybridized carbons (Fsp3) is 0.526. The zero-order valence-electron chi connectivity index (χ0n) is 32.9. The van der Waals surface area contributed by atoms with Crippen molar-refractivity contribution in [2.75, 3.05) is 45.3 Å². The van der Waals surface area contributed by atoms with E-state index in [1.54, 1.807) is 44.9 Å². The minimum atomic E-state index is -0.546. The van der Waals surface area contributed by atoms with E-state index in [1.165, 1.54) is 10.9 Å². The van der Waals surface area contributed by atoms with Gasteiger partial charge in [-0.3, -0.25) is 0 Å². The molecule has 0 amide bonds. The van der Waals surface area contributed by atoms with E-state index >= 15 is 0 Å². The highest BCUT2D eigenvalue weighted by Crippen LogP contribution is 2.23. The third kappa shape index (κ3) is 15.0. The molecular formula is C38H53BrN8O8. The molecule has 1 N–H and O–H groups in total. The molecule has 2 aliphatic rings. The summed E-state index contributed by atoms with van der Waals surface area (Å²) in [6.45, 7) is 14.6. The van der Waals surface area contributed by atoms with Gasteiger partial charge in [-0.2, -0.15) is 14.5 Å². The number of rotatable bonds is 7. The summed E-state index contributed by atoms with van der Waals surface area (Å²) in [6, 6.07) is 10.9. The number of ether oxygens (including phenoxy) is 6. The molecule has 0 unspecified atom stereocenters. The van der Waals surface area contributed by atoms with Crippen LogP contribution in [0.4, 0.5) is 15.4 Å². The highest BCUT2D eigenvalue weighted by atomic mass is 79.9. The largest absolute Gasteiger partial charge is 0.489 e. The number of nitrogens with one attached hydrogen (secondary N) is 1. The lowest BCUT2D eigenvalue weighted by atomic mass is 10.1. The lowest BCUT2D eigenvalue weighted by Gasteiger charge is -2.32. The summed E-state index contributed by atoms with van der Waals surface area (Å²) in [5, 5.41) is 11.5. The van der Waals surface area contributed by atoms with E-state index < -0.39 is 23.4 Å². The van der Waals surface area contributed by atoms with E-state index in [1.807, 2.05) is 65.8 Å². The van der Waals surface area contributed by atoms with E-state index in [4.69, 9.17) is 28.4 Å². The van der Waals surface area contributed by atoms with Gasteiger partial charge in [0.2, 0.25) is 11.8 Å². The number of pyridine rings is 2. The lowest BCUT2D eigenvalue weighted by Crippen LogP contribution is -2.38. The molecule has 0 radical (unpaired) electrons. The standard InChI is InChI=1S/C19H26N4O4.C11H16N2O2.C8H11BrN2O2/c1-19(2,3)27-18(24)23-12-9-16(21-23)22-10-7-14(8-11-22)26-15-5-6-17(25-4)20-13-15;1-14-11-3-2-10(8-13-11)15-9-4-6-12-7-5-9;1-8(2,3)13-7(12)11-5-4-6(9)10-11/h5-6,9,12-14H,7-8,10-11H2,1-4H3;2-3,8-9,12H,4-7H2,1H3;4-5H,1-3H3. The first-order valence-corrected chi connectivity index (χ1v) is 18.9. The van der Waals surface area contributed by atoms with E-state index in [0.29, 0.717) is 22.5 Å². The second-order valence-corrected chi connectivity index (χ2v) is 15.4. The van der Waals surface area contributed by atoms with Crippen LogP contribution < -0.4 is 29.2 Å². The van der Waals surface area contributed by atoms with Crippen LogP contribution in [0.15, 0.2) is 65.8 Å². The number of anilines is 1. The summed E-state index contributed by atoms with van der Waals surface area (Å²) in [7, 11) is 3.19. The van der Waals surface area contributed by atoms with Crippen molar-refractivity contribution in [2.24, 2.45) is 0 Å². The molecule has 0 bridgehead atoms. The number of nitrogens with zero attached hydrogens (tertiary/aromatic N) is 7.